The predicted octanol–water partition coefficient (Wildman–Crippen LogP) is 4.18. The Kier molecular flexibility index (Phi) is 4.73. The molecule has 0 atom stereocenters. The first kappa shape index (κ1) is 14.9. The van der Waals surface area contributed by atoms with Crippen LogP contribution in [-0.4, -0.2) is 5.91 Å². The number of hydrogen-bond acceptors (Lipinski definition) is 3. The van der Waals surface area contributed by atoms with Crippen LogP contribution in [0.15, 0.2) is 36.4 Å². The lowest BCUT2D eigenvalue weighted by atomic mass is 10.1. The lowest BCUT2D eigenvalue weighted by molar-refractivity contribution is 0.102. The number of carbonyl (C=O) groups is 1. The first-order chi connectivity index (χ1) is 9.51. The summed E-state index contributed by atoms with van der Waals surface area (Å²) >= 11 is 17.7. The minimum atomic E-state index is -0.399. The summed E-state index contributed by atoms with van der Waals surface area (Å²) in [4.78, 5) is 12.2. The Balaban J connectivity index is 2.32. The van der Waals surface area contributed by atoms with Crippen LogP contribution >= 0.6 is 34.8 Å². The molecule has 4 N–H and O–H groups in total. The number of hydrazine groups is 1. The third-order valence-corrected chi connectivity index (χ3v) is 3.36. The standard InChI is InChI=1S/C13H10Cl3N3O/c14-7-2-4-11(19-17)9(5-7)13(20)18-12-6-8(15)1-3-10(12)16/h1-6,19H,17H2,(H,18,20). The zero-order valence-corrected chi connectivity index (χ0v) is 12.4. The molecule has 2 aromatic rings. The molecule has 0 aliphatic heterocycles. The summed E-state index contributed by atoms with van der Waals surface area (Å²) in [6.45, 7) is 0. The van der Waals surface area contributed by atoms with E-state index in [1.807, 2.05) is 0 Å². The van der Waals surface area contributed by atoms with Crippen LogP contribution in [0.25, 0.3) is 0 Å². The molecule has 104 valence electrons. The molecule has 0 fully saturated rings. The number of hydrogen-bond donors (Lipinski definition) is 3. The van der Waals surface area contributed by atoms with E-state index in [1.54, 1.807) is 30.3 Å². The molecule has 0 bridgehead atoms. The van der Waals surface area contributed by atoms with Crippen molar-refractivity contribution in [2.75, 3.05) is 10.7 Å². The van der Waals surface area contributed by atoms with E-state index in [2.05, 4.69) is 10.7 Å². The molecule has 7 heteroatoms. The minimum absolute atomic E-state index is 0.302. The SMILES string of the molecule is NNc1ccc(Cl)cc1C(=O)Nc1cc(Cl)ccc1Cl. The second kappa shape index (κ2) is 6.33. The molecular weight excluding hydrogens is 321 g/mol. The fraction of sp³-hybridized carbons (Fsp3) is 0. The number of halogens is 3. The molecule has 0 radical (unpaired) electrons. The maximum absolute atomic E-state index is 12.2. The highest BCUT2D eigenvalue weighted by molar-refractivity contribution is 6.36. The molecule has 2 aromatic carbocycles. The van der Waals surface area contributed by atoms with Gasteiger partial charge in [0.05, 0.1) is 22.0 Å². The van der Waals surface area contributed by atoms with Crippen molar-refractivity contribution in [2.24, 2.45) is 5.84 Å². The van der Waals surface area contributed by atoms with E-state index in [1.165, 1.54) is 6.07 Å². The molecule has 0 aliphatic carbocycles. The zero-order valence-electron chi connectivity index (χ0n) is 10.1. The maximum atomic E-state index is 12.2. The van der Waals surface area contributed by atoms with Crippen molar-refractivity contribution in [2.45, 2.75) is 0 Å². The second-order valence-corrected chi connectivity index (χ2v) is 5.19. The largest absolute Gasteiger partial charge is 0.323 e. The summed E-state index contributed by atoms with van der Waals surface area (Å²) in [5, 5.41) is 3.93. The van der Waals surface area contributed by atoms with E-state index in [-0.39, 0.29) is 0 Å². The van der Waals surface area contributed by atoms with Crippen LogP contribution in [0, 0.1) is 0 Å². The van der Waals surface area contributed by atoms with Crippen molar-refractivity contribution in [3.05, 3.63) is 57.0 Å². The van der Waals surface area contributed by atoms with Crippen molar-refractivity contribution in [3.63, 3.8) is 0 Å². The number of rotatable bonds is 3. The van der Waals surface area contributed by atoms with Crippen molar-refractivity contribution in [1.82, 2.24) is 0 Å². The average molecular weight is 331 g/mol. The van der Waals surface area contributed by atoms with Gasteiger partial charge in [0.1, 0.15) is 0 Å². The fourth-order valence-corrected chi connectivity index (χ4v) is 2.12. The predicted molar refractivity (Wildman–Crippen MR) is 83.7 cm³/mol. The Morgan fingerprint density at radius 1 is 0.950 bits per heavy atom. The van der Waals surface area contributed by atoms with Crippen LogP contribution < -0.4 is 16.6 Å². The van der Waals surface area contributed by atoms with Gasteiger partial charge in [0.2, 0.25) is 0 Å². The number of anilines is 2. The van der Waals surface area contributed by atoms with Crippen molar-refractivity contribution < 1.29 is 4.79 Å². The molecule has 2 rings (SSSR count). The lowest BCUT2D eigenvalue weighted by Crippen LogP contribution is -2.17. The summed E-state index contributed by atoms with van der Waals surface area (Å²) < 4.78 is 0. The topological polar surface area (TPSA) is 67.1 Å². The normalized spacial score (nSPS) is 10.2. The zero-order chi connectivity index (χ0) is 14.7. The summed E-state index contributed by atoms with van der Waals surface area (Å²) in [6, 6.07) is 9.52. The Morgan fingerprint density at radius 3 is 2.30 bits per heavy atom. The highest BCUT2D eigenvalue weighted by Crippen LogP contribution is 2.27. The lowest BCUT2D eigenvalue weighted by Gasteiger charge is -2.11. The summed E-state index contributed by atoms with van der Waals surface area (Å²) in [5.41, 5.74) is 3.60. The number of carbonyl (C=O) groups excluding carboxylic acids is 1. The Bertz CT molecular complexity index is 661. The smallest absolute Gasteiger partial charge is 0.257 e. The van der Waals surface area contributed by atoms with Gasteiger partial charge in [0, 0.05) is 10.0 Å². The number of nitrogen functional groups attached to an aromatic ring is 1. The third-order valence-electron chi connectivity index (χ3n) is 2.56. The van der Waals surface area contributed by atoms with Crippen LogP contribution in [0.4, 0.5) is 11.4 Å². The van der Waals surface area contributed by atoms with Gasteiger partial charge in [-0.3, -0.25) is 10.6 Å². The van der Waals surface area contributed by atoms with Gasteiger partial charge in [0.15, 0.2) is 0 Å². The maximum Gasteiger partial charge on any atom is 0.257 e. The first-order valence-corrected chi connectivity index (χ1v) is 6.67. The summed E-state index contributed by atoms with van der Waals surface area (Å²) in [7, 11) is 0. The molecule has 0 aromatic heterocycles. The van der Waals surface area contributed by atoms with E-state index in [4.69, 9.17) is 40.6 Å². The molecule has 0 saturated carbocycles. The van der Waals surface area contributed by atoms with Crippen LogP contribution in [0.3, 0.4) is 0 Å². The Morgan fingerprint density at radius 2 is 1.60 bits per heavy atom. The van der Waals surface area contributed by atoms with Gasteiger partial charge >= 0.3 is 0 Å². The molecular formula is C13H10Cl3N3O. The van der Waals surface area contributed by atoms with Gasteiger partial charge in [-0.25, -0.2) is 0 Å². The van der Waals surface area contributed by atoms with Crippen molar-refractivity contribution in [1.29, 1.82) is 0 Å². The molecule has 4 nitrogen and oxygen atoms in total. The number of benzene rings is 2. The molecule has 0 saturated heterocycles. The average Bonchev–Trinajstić information content (AvgIpc) is 2.42. The molecule has 1 amide bonds. The van der Waals surface area contributed by atoms with Crippen molar-refractivity contribution >= 4 is 52.1 Å². The molecule has 0 aliphatic rings. The van der Waals surface area contributed by atoms with E-state index in [0.29, 0.717) is 32.0 Å². The molecule has 0 spiro atoms. The van der Waals surface area contributed by atoms with E-state index in [0.717, 1.165) is 0 Å². The molecule has 0 heterocycles. The number of nitrogens with two attached hydrogens (primary N) is 1. The monoisotopic (exact) mass is 329 g/mol. The highest BCUT2D eigenvalue weighted by atomic mass is 35.5. The second-order valence-electron chi connectivity index (χ2n) is 3.91. The molecule has 0 unspecified atom stereocenters. The van der Waals surface area contributed by atoms with E-state index >= 15 is 0 Å². The van der Waals surface area contributed by atoms with E-state index in [9.17, 15) is 4.79 Å². The van der Waals surface area contributed by atoms with Gasteiger partial charge in [-0.2, -0.15) is 0 Å². The third kappa shape index (κ3) is 3.35. The number of amides is 1. The van der Waals surface area contributed by atoms with Crippen molar-refractivity contribution in [3.8, 4) is 0 Å². The van der Waals surface area contributed by atoms with E-state index < -0.39 is 5.91 Å². The van der Waals surface area contributed by atoms with Crippen LogP contribution in [0.1, 0.15) is 10.4 Å². The summed E-state index contributed by atoms with van der Waals surface area (Å²) in [5.74, 6) is 4.97. The van der Waals surface area contributed by atoms with Gasteiger partial charge in [-0.15, -0.1) is 0 Å². The summed E-state index contributed by atoms with van der Waals surface area (Å²) in [6.07, 6.45) is 0. The van der Waals surface area contributed by atoms with Gasteiger partial charge in [-0.05, 0) is 36.4 Å². The van der Waals surface area contributed by atoms with Gasteiger partial charge in [-0.1, -0.05) is 34.8 Å². The minimum Gasteiger partial charge on any atom is -0.323 e. The molecule has 20 heavy (non-hydrogen) atoms. The fourth-order valence-electron chi connectivity index (χ4n) is 1.61. The highest BCUT2D eigenvalue weighted by Gasteiger charge is 2.13. The van der Waals surface area contributed by atoms with Crippen LogP contribution in [0.5, 0.6) is 0 Å². The van der Waals surface area contributed by atoms with Gasteiger partial charge in [0.25, 0.3) is 5.91 Å². The Labute approximate surface area is 130 Å². The number of nitrogens with one attached hydrogen (secondary N) is 2. The van der Waals surface area contributed by atoms with Crippen LogP contribution in [-0.2, 0) is 0 Å². The Hall–Kier alpha value is -1.46. The van der Waals surface area contributed by atoms with Gasteiger partial charge < -0.3 is 10.7 Å². The quantitative estimate of drug-likeness (QED) is 0.584. The van der Waals surface area contributed by atoms with Crippen LogP contribution in [0.2, 0.25) is 15.1 Å². The first-order valence-electron chi connectivity index (χ1n) is 5.54.